The highest BCUT2D eigenvalue weighted by molar-refractivity contribution is 6.03. The maximum Gasteiger partial charge on any atom is 0.295 e. The predicted octanol–water partition coefficient (Wildman–Crippen LogP) is 0.535. The van der Waals surface area contributed by atoms with Crippen LogP contribution in [0.15, 0.2) is 24.3 Å². The van der Waals surface area contributed by atoms with E-state index in [1.165, 1.54) is 4.90 Å². The predicted molar refractivity (Wildman–Crippen MR) is 64.7 cm³/mol. The Morgan fingerprint density at radius 1 is 1.56 bits per heavy atom. The minimum atomic E-state index is -0.380. The molecule has 2 rings (SSSR count). The van der Waals surface area contributed by atoms with Gasteiger partial charge >= 0.3 is 0 Å². The summed E-state index contributed by atoms with van der Waals surface area (Å²) in [7, 11) is 1.58. The van der Waals surface area contributed by atoms with E-state index in [9.17, 15) is 4.79 Å². The summed E-state index contributed by atoms with van der Waals surface area (Å²) in [5.41, 5.74) is 6.40. The van der Waals surface area contributed by atoms with Gasteiger partial charge in [0.25, 0.3) is 5.91 Å². The lowest BCUT2D eigenvalue weighted by molar-refractivity contribution is 0.0983. The van der Waals surface area contributed by atoms with Crippen LogP contribution in [0.1, 0.15) is 16.2 Å². The van der Waals surface area contributed by atoms with Crippen LogP contribution in [0.2, 0.25) is 0 Å². The second-order valence-corrected chi connectivity index (χ2v) is 3.57. The Morgan fingerprint density at radius 2 is 2.33 bits per heavy atom. The van der Waals surface area contributed by atoms with Crippen molar-refractivity contribution in [3.05, 3.63) is 35.7 Å². The van der Waals surface area contributed by atoms with Gasteiger partial charge in [0.15, 0.2) is 0 Å². The van der Waals surface area contributed by atoms with Gasteiger partial charge < -0.3 is 10.6 Å². The molecule has 2 aromatic rings. The Hall–Kier alpha value is -2.88. The molecule has 0 aliphatic carbocycles. The number of H-pyrrole nitrogens is 1. The zero-order valence-electron chi connectivity index (χ0n) is 9.58. The SMILES string of the molecule is CN(C(=O)c1nc(N)n[nH]1)c1cccc(C#N)c1. The Kier molecular flexibility index (Phi) is 2.93. The largest absolute Gasteiger partial charge is 0.366 e. The third-order valence-electron chi connectivity index (χ3n) is 2.37. The molecule has 1 aromatic heterocycles. The van der Waals surface area contributed by atoms with Crippen molar-refractivity contribution in [1.29, 1.82) is 5.26 Å². The van der Waals surface area contributed by atoms with Gasteiger partial charge in [0.2, 0.25) is 11.8 Å². The Bertz CT molecular complexity index is 626. The van der Waals surface area contributed by atoms with E-state index in [1.54, 1.807) is 31.3 Å². The van der Waals surface area contributed by atoms with Crippen molar-refractivity contribution in [2.24, 2.45) is 0 Å². The number of carbonyl (C=O) groups excluding carboxylic acids is 1. The van der Waals surface area contributed by atoms with E-state index in [4.69, 9.17) is 11.0 Å². The van der Waals surface area contributed by atoms with E-state index in [0.717, 1.165) is 0 Å². The zero-order chi connectivity index (χ0) is 13.1. The van der Waals surface area contributed by atoms with Crippen molar-refractivity contribution in [1.82, 2.24) is 15.2 Å². The summed E-state index contributed by atoms with van der Waals surface area (Å²) in [6, 6.07) is 8.70. The number of nitrogens with two attached hydrogens (primary N) is 1. The molecule has 7 nitrogen and oxygen atoms in total. The molecule has 0 saturated carbocycles. The highest BCUT2D eigenvalue weighted by Gasteiger charge is 2.17. The van der Waals surface area contributed by atoms with Crippen LogP contribution in [-0.2, 0) is 0 Å². The van der Waals surface area contributed by atoms with Crippen molar-refractivity contribution >= 4 is 17.5 Å². The van der Waals surface area contributed by atoms with Gasteiger partial charge in [0.05, 0.1) is 11.6 Å². The number of nitrogens with zero attached hydrogens (tertiary/aromatic N) is 4. The summed E-state index contributed by atoms with van der Waals surface area (Å²) in [5, 5.41) is 14.8. The topological polar surface area (TPSA) is 112 Å². The second kappa shape index (κ2) is 4.55. The van der Waals surface area contributed by atoms with Crippen LogP contribution < -0.4 is 10.6 Å². The summed E-state index contributed by atoms with van der Waals surface area (Å²) in [6.07, 6.45) is 0. The third-order valence-corrected chi connectivity index (χ3v) is 2.37. The summed E-state index contributed by atoms with van der Waals surface area (Å²) in [5.74, 6) is -0.316. The number of hydrogen-bond acceptors (Lipinski definition) is 5. The number of carbonyl (C=O) groups is 1. The van der Waals surface area contributed by atoms with Crippen LogP contribution in [0.3, 0.4) is 0 Å². The van der Waals surface area contributed by atoms with Gasteiger partial charge in [-0.1, -0.05) is 6.07 Å². The molecule has 90 valence electrons. The number of nitrogen functional groups attached to an aromatic ring is 1. The monoisotopic (exact) mass is 242 g/mol. The molecule has 3 N–H and O–H groups in total. The van der Waals surface area contributed by atoms with Gasteiger partial charge in [-0.2, -0.15) is 10.2 Å². The van der Waals surface area contributed by atoms with Crippen LogP contribution in [0.4, 0.5) is 11.6 Å². The van der Waals surface area contributed by atoms with Crippen molar-refractivity contribution < 1.29 is 4.79 Å². The number of aromatic amines is 1. The molecule has 0 aliphatic rings. The van der Waals surface area contributed by atoms with Crippen LogP contribution in [-0.4, -0.2) is 28.1 Å². The van der Waals surface area contributed by atoms with Gasteiger partial charge in [-0.3, -0.25) is 9.89 Å². The Balaban J connectivity index is 2.28. The number of nitrogens with one attached hydrogen (secondary N) is 1. The molecular weight excluding hydrogens is 232 g/mol. The fourth-order valence-corrected chi connectivity index (χ4v) is 1.43. The minimum Gasteiger partial charge on any atom is -0.366 e. The van der Waals surface area contributed by atoms with Crippen LogP contribution >= 0.6 is 0 Å². The smallest absolute Gasteiger partial charge is 0.295 e. The number of amides is 1. The maximum absolute atomic E-state index is 12.0. The molecule has 1 heterocycles. The fourth-order valence-electron chi connectivity index (χ4n) is 1.43. The lowest BCUT2D eigenvalue weighted by atomic mass is 10.2. The summed E-state index contributed by atoms with van der Waals surface area (Å²) in [6.45, 7) is 0. The lowest BCUT2D eigenvalue weighted by Gasteiger charge is -2.15. The first kappa shape index (κ1) is 11.6. The minimum absolute atomic E-state index is 0.0116. The second-order valence-electron chi connectivity index (χ2n) is 3.57. The first-order valence-corrected chi connectivity index (χ1v) is 5.08. The average molecular weight is 242 g/mol. The first-order chi connectivity index (χ1) is 8.61. The highest BCUT2D eigenvalue weighted by Crippen LogP contribution is 2.16. The normalized spacial score (nSPS) is 9.78. The molecule has 0 fully saturated rings. The standard InChI is InChI=1S/C11H10N6O/c1-17(8-4-2-3-7(5-8)6-12)10(18)9-14-11(13)16-15-9/h2-5H,1H3,(H3,13,14,15,16). The molecule has 0 aliphatic heterocycles. The van der Waals surface area contributed by atoms with E-state index in [0.29, 0.717) is 11.3 Å². The van der Waals surface area contributed by atoms with Gasteiger partial charge in [-0.25, -0.2) is 0 Å². The van der Waals surface area contributed by atoms with Crippen molar-refractivity contribution in [3.63, 3.8) is 0 Å². The number of nitriles is 1. The van der Waals surface area contributed by atoms with Crippen LogP contribution in [0.5, 0.6) is 0 Å². The van der Waals surface area contributed by atoms with E-state index in [-0.39, 0.29) is 17.7 Å². The molecule has 0 bridgehead atoms. The third kappa shape index (κ3) is 2.12. The van der Waals surface area contributed by atoms with E-state index in [1.807, 2.05) is 6.07 Å². The average Bonchev–Trinajstić information content (AvgIpc) is 2.83. The van der Waals surface area contributed by atoms with Gasteiger partial charge in [-0.15, -0.1) is 5.10 Å². The molecule has 0 unspecified atom stereocenters. The lowest BCUT2D eigenvalue weighted by Crippen LogP contribution is -2.27. The van der Waals surface area contributed by atoms with Crippen molar-refractivity contribution in [2.45, 2.75) is 0 Å². The number of aromatic nitrogens is 3. The first-order valence-electron chi connectivity index (χ1n) is 5.08. The number of benzene rings is 1. The quantitative estimate of drug-likeness (QED) is 0.797. The van der Waals surface area contributed by atoms with E-state index >= 15 is 0 Å². The molecule has 1 amide bonds. The van der Waals surface area contributed by atoms with E-state index in [2.05, 4.69) is 15.2 Å². The Labute approximate surface area is 103 Å². The van der Waals surface area contributed by atoms with Crippen LogP contribution in [0.25, 0.3) is 0 Å². The molecule has 18 heavy (non-hydrogen) atoms. The van der Waals surface area contributed by atoms with Gasteiger partial charge in [-0.05, 0) is 18.2 Å². The molecule has 0 atom stereocenters. The van der Waals surface area contributed by atoms with Crippen LogP contribution in [0, 0.1) is 11.3 Å². The highest BCUT2D eigenvalue weighted by atomic mass is 16.2. The fraction of sp³-hybridized carbons (Fsp3) is 0.0909. The zero-order valence-corrected chi connectivity index (χ0v) is 9.58. The Morgan fingerprint density at radius 3 is 2.94 bits per heavy atom. The van der Waals surface area contributed by atoms with Gasteiger partial charge in [0.1, 0.15) is 0 Å². The molecule has 0 saturated heterocycles. The number of rotatable bonds is 2. The molecule has 1 aromatic carbocycles. The summed E-state index contributed by atoms with van der Waals surface area (Å²) < 4.78 is 0. The van der Waals surface area contributed by atoms with Crippen molar-refractivity contribution in [3.8, 4) is 6.07 Å². The summed E-state index contributed by atoms with van der Waals surface area (Å²) >= 11 is 0. The van der Waals surface area contributed by atoms with Gasteiger partial charge in [0, 0.05) is 12.7 Å². The van der Waals surface area contributed by atoms with E-state index < -0.39 is 0 Å². The van der Waals surface area contributed by atoms with Crippen molar-refractivity contribution in [2.75, 3.05) is 17.7 Å². The summed E-state index contributed by atoms with van der Waals surface area (Å²) in [4.78, 5) is 17.1. The number of hydrogen-bond donors (Lipinski definition) is 2. The molecule has 7 heteroatoms. The molecular formula is C11H10N6O. The number of anilines is 2. The maximum atomic E-state index is 12.0. The molecule has 0 spiro atoms. The molecule has 0 radical (unpaired) electrons.